The van der Waals surface area contributed by atoms with Crippen LogP contribution in [-0.4, -0.2) is 43.0 Å². The molecule has 1 fully saturated rings. The van der Waals surface area contributed by atoms with Gasteiger partial charge in [-0.3, -0.25) is 4.79 Å². The lowest BCUT2D eigenvalue weighted by molar-refractivity contribution is -0.148. The van der Waals surface area contributed by atoms with E-state index in [-0.39, 0.29) is 11.9 Å². The van der Waals surface area contributed by atoms with Crippen molar-refractivity contribution < 1.29 is 14.3 Å². The lowest BCUT2D eigenvalue weighted by atomic mass is 9.96. The van der Waals surface area contributed by atoms with E-state index >= 15 is 0 Å². The molecule has 0 saturated carbocycles. The fourth-order valence-electron chi connectivity index (χ4n) is 4.07. The van der Waals surface area contributed by atoms with Crippen LogP contribution in [0.5, 0.6) is 5.75 Å². The summed E-state index contributed by atoms with van der Waals surface area (Å²) in [7, 11) is 1.59. The van der Waals surface area contributed by atoms with Gasteiger partial charge in [-0.05, 0) is 55.7 Å². The summed E-state index contributed by atoms with van der Waals surface area (Å²) >= 11 is 12.6. The average molecular weight is 489 g/mol. The van der Waals surface area contributed by atoms with E-state index in [0.29, 0.717) is 47.9 Å². The van der Waals surface area contributed by atoms with Gasteiger partial charge in [0.1, 0.15) is 5.75 Å². The quantitative estimate of drug-likeness (QED) is 0.449. The number of piperidine rings is 1. The van der Waals surface area contributed by atoms with Crippen LogP contribution < -0.4 is 15.0 Å². The molecule has 0 amide bonds. The number of ether oxygens (including phenoxy) is 2. The van der Waals surface area contributed by atoms with Crippen LogP contribution in [-0.2, 0) is 16.1 Å². The molecule has 1 aliphatic rings. The number of methoxy groups -OCH3 is 1. The Morgan fingerprint density at radius 1 is 1.12 bits per heavy atom. The van der Waals surface area contributed by atoms with Gasteiger partial charge in [-0.15, -0.1) is 10.2 Å². The summed E-state index contributed by atoms with van der Waals surface area (Å²) < 4.78 is 10.4. The first-order chi connectivity index (χ1) is 16.0. The molecule has 1 aromatic heterocycles. The van der Waals surface area contributed by atoms with Gasteiger partial charge in [0.2, 0.25) is 0 Å². The van der Waals surface area contributed by atoms with E-state index in [4.69, 9.17) is 32.7 Å². The van der Waals surface area contributed by atoms with E-state index in [0.717, 1.165) is 35.0 Å². The van der Waals surface area contributed by atoms with Crippen molar-refractivity contribution in [3.63, 3.8) is 0 Å². The zero-order chi connectivity index (χ0) is 23.4. The van der Waals surface area contributed by atoms with Crippen molar-refractivity contribution in [2.75, 3.05) is 37.0 Å². The molecule has 2 heterocycles. The van der Waals surface area contributed by atoms with E-state index in [9.17, 15) is 4.79 Å². The van der Waals surface area contributed by atoms with Crippen LogP contribution in [0, 0.1) is 5.92 Å². The molecule has 3 aromatic rings. The van der Waals surface area contributed by atoms with Gasteiger partial charge in [0.15, 0.2) is 11.6 Å². The molecule has 0 unspecified atom stereocenters. The Morgan fingerprint density at radius 2 is 1.91 bits per heavy atom. The number of nitrogens with zero attached hydrogens (tertiary/aromatic N) is 3. The number of esters is 1. The van der Waals surface area contributed by atoms with Crippen LogP contribution in [0.15, 0.2) is 36.4 Å². The molecule has 0 aliphatic carbocycles. The van der Waals surface area contributed by atoms with Gasteiger partial charge in [-0.2, -0.15) is 0 Å². The first kappa shape index (κ1) is 23.4. The summed E-state index contributed by atoms with van der Waals surface area (Å²) in [6.07, 6.45) is 1.46. The topological polar surface area (TPSA) is 76.6 Å². The van der Waals surface area contributed by atoms with Crippen molar-refractivity contribution in [2.24, 2.45) is 5.92 Å². The molecule has 2 aromatic carbocycles. The number of hydrogen-bond acceptors (Lipinski definition) is 7. The highest BCUT2D eigenvalue weighted by molar-refractivity contribution is 6.32. The number of carbonyl (C=O) groups excluding carboxylic acids is 1. The standard InChI is InChI=1S/C24H26Cl2N4O3/c1-3-33-24(31)16-8-10-30(11-9-16)23-18-6-5-17(25)13-19(18)22(28-29-23)27-14-15-4-7-21(32-2)20(26)12-15/h4-7,12-13,16H,3,8-11,14H2,1-2H3,(H,27,28). The number of carbonyl (C=O) groups is 1. The predicted octanol–water partition coefficient (Wildman–Crippen LogP) is 5.34. The Hall–Kier alpha value is -2.77. The number of benzene rings is 2. The number of fused-ring (bicyclic) bond motifs is 1. The SMILES string of the molecule is CCOC(=O)C1CCN(c2nnc(NCc3ccc(OC)c(Cl)c3)c3cc(Cl)ccc23)CC1. The van der Waals surface area contributed by atoms with Crippen LogP contribution in [0.3, 0.4) is 0 Å². The van der Waals surface area contributed by atoms with Crippen LogP contribution in [0.25, 0.3) is 10.8 Å². The first-order valence-corrected chi connectivity index (χ1v) is 11.7. The summed E-state index contributed by atoms with van der Waals surface area (Å²) in [5.74, 6) is 1.89. The Kier molecular flexibility index (Phi) is 7.40. The molecule has 0 spiro atoms. The summed E-state index contributed by atoms with van der Waals surface area (Å²) in [6, 6.07) is 11.4. The average Bonchev–Trinajstić information content (AvgIpc) is 2.83. The van der Waals surface area contributed by atoms with E-state index in [2.05, 4.69) is 20.4 Å². The first-order valence-electron chi connectivity index (χ1n) is 10.9. The fourth-order valence-corrected chi connectivity index (χ4v) is 4.52. The second-order valence-corrected chi connectivity index (χ2v) is 8.74. The van der Waals surface area contributed by atoms with Crippen LogP contribution in [0.2, 0.25) is 10.0 Å². The molecule has 1 N–H and O–H groups in total. The Balaban J connectivity index is 1.54. The van der Waals surface area contributed by atoms with Crippen molar-refractivity contribution in [3.8, 4) is 5.75 Å². The van der Waals surface area contributed by atoms with Gasteiger partial charge in [-0.1, -0.05) is 29.3 Å². The minimum absolute atomic E-state index is 0.0628. The number of halogens is 2. The maximum Gasteiger partial charge on any atom is 0.309 e. The van der Waals surface area contributed by atoms with Gasteiger partial charge >= 0.3 is 5.97 Å². The lowest BCUT2D eigenvalue weighted by Gasteiger charge is -2.32. The van der Waals surface area contributed by atoms with Crippen molar-refractivity contribution >= 4 is 51.6 Å². The Morgan fingerprint density at radius 3 is 2.61 bits per heavy atom. The van der Waals surface area contributed by atoms with Gasteiger partial charge in [0.05, 0.1) is 24.7 Å². The maximum absolute atomic E-state index is 12.1. The van der Waals surface area contributed by atoms with Gasteiger partial charge in [-0.25, -0.2) is 0 Å². The number of nitrogens with one attached hydrogen (secondary N) is 1. The second-order valence-electron chi connectivity index (χ2n) is 7.90. The zero-order valence-electron chi connectivity index (χ0n) is 18.6. The van der Waals surface area contributed by atoms with Crippen molar-refractivity contribution in [3.05, 3.63) is 52.0 Å². The molecular weight excluding hydrogens is 463 g/mol. The van der Waals surface area contributed by atoms with Crippen LogP contribution in [0.4, 0.5) is 11.6 Å². The van der Waals surface area contributed by atoms with E-state index < -0.39 is 0 Å². The normalized spacial score (nSPS) is 14.4. The van der Waals surface area contributed by atoms with E-state index in [1.807, 2.05) is 43.3 Å². The summed E-state index contributed by atoms with van der Waals surface area (Å²) in [4.78, 5) is 14.2. The molecular formula is C24H26Cl2N4O3. The predicted molar refractivity (Wildman–Crippen MR) is 131 cm³/mol. The highest BCUT2D eigenvalue weighted by atomic mass is 35.5. The smallest absolute Gasteiger partial charge is 0.309 e. The molecule has 0 atom stereocenters. The fraction of sp³-hybridized carbons (Fsp3) is 0.375. The third kappa shape index (κ3) is 5.25. The Bertz CT molecular complexity index is 1150. The number of anilines is 2. The number of aromatic nitrogens is 2. The third-order valence-electron chi connectivity index (χ3n) is 5.81. The minimum Gasteiger partial charge on any atom is -0.495 e. The monoisotopic (exact) mass is 488 g/mol. The van der Waals surface area contributed by atoms with Crippen LogP contribution >= 0.6 is 23.2 Å². The third-order valence-corrected chi connectivity index (χ3v) is 6.34. The highest BCUT2D eigenvalue weighted by Crippen LogP contribution is 2.33. The Labute approximate surface area is 203 Å². The molecule has 1 saturated heterocycles. The molecule has 33 heavy (non-hydrogen) atoms. The van der Waals surface area contributed by atoms with Crippen molar-refractivity contribution in [1.82, 2.24) is 10.2 Å². The van der Waals surface area contributed by atoms with Crippen LogP contribution in [0.1, 0.15) is 25.3 Å². The largest absolute Gasteiger partial charge is 0.495 e. The molecule has 9 heteroatoms. The summed E-state index contributed by atoms with van der Waals surface area (Å²) in [6.45, 7) is 4.19. The van der Waals surface area contributed by atoms with E-state index in [1.54, 1.807) is 7.11 Å². The molecule has 174 valence electrons. The van der Waals surface area contributed by atoms with Gasteiger partial charge in [0.25, 0.3) is 0 Å². The number of rotatable bonds is 7. The second kappa shape index (κ2) is 10.4. The number of hydrogen-bond donors (Lipinski definition) is 1. The van der Waals surface area contributed by atoms with Gasteiger partial charge < -0.3 is 19.7 Å². The maximum atomic E-state index is 12.1. The highest BCUT2D eigenvalue weighted by Gasteiger charge is 2.27. The molecule has 7 nitrogen and oxygen atoms in total. The van der Waals surface area contributed by atoms with E-state index in [1.165, 1.54) is 0 Å². The minimum atomic E-state index is -0.113. The molecule has 4 rings (SSSR count). The summed E-state index contributed by atoms with van der Waals surface area (Å²) in [5, 5.41) is 15.4. The molecule has 0 bridgehead atoms. The van der Waals surface area contributed by atoms with Crippen molar-refractivity contribution in [2.45, 2.75) is 26.3 Å². The molecule has 0 radical (unpaired) electrons. The lowest BCUT2D eigenvalue weighted by Crippen LogP contribution is -2.37. The summed E-state index contributed by atoms with van der Waals surface area (Å²) in [5.41, 5.74) is 0.989. The molecule has 1 aliphatic heterocycles. The zero-order valence-corrected chi connectivity index (χ0v) is 20.1. The van der Waals surface area contributed by atoms with Crippen molar-refractivity contribution in [1.29, 1.82) is 0 Å². The van der Waals surface area contributed by atoms with Gasteiger partial charge in [0, 0.05) is 35.4 Å².